The predicted molar refractivity (Wildman–Crippen MR) is 139 cm³/mol. The fourth-order valence-electron chi connectivity index (χ4n) is 4.61. The number of hydrogen-bond acceptors (Lipinski definition) is 2. The summed E-state index contributed by atoms with van der Waals surface area (Å²) in [6.07, 6.45) is 0. The zero-order chi connectivity index (χ0) is 23.2. The summed E-state index contributed by atoms with van der Waals surface area (Å²) < 4.78 is 2.84. The molecule has 0 fully saturated rings. The van der Waals surface area contributed by atoms with E-state index < -0.39 is 0 Å². The quantitative estimate of drug-likeness (QED) is 0.175. The van der Waals surface area contributed by atoms with Crippen LogP contribution < -0.4 is 10.9 Å². The summed E-state index contributed by atoms with van der Waals surface area (Å²) in [4.78, 5) is 27.2. The molecule has 0 amide bonds. The Hall–Kier alpha value is -2.72. The third-order valence-corrected chi connectivity index (χ3v) is 6.94. The Kier molecular flexibility index (Phi) is 4.39. The summed E-state index contributed by atoms with van der Waals surface area (Å²) in [7, 11) is 0. The molecule has 2 aromatic heterocycles. The Morgan fingerprint density at radius 2 is 1.03 bits per heavy atom. The first-order valence-electron chi connectivity index (χ1n) is 10.9. The van der Waals surface area contributed by atoms with Crippen molar-refractivity contribution in [2.45, 2.75) is 52.4 Å². The van der Waals surface area contributed by atoms with Gasteiger partial charge in [-0.1, -0.05) is 69.6 Å². The summed E-state index contributed by atoms with van der Waals surface area (Å²) in [6, 6.07) is 15.9. The van der Waals surface area contributed by atoms with Gasteiger partial charge in [0.2, 0.25) is 0 Å². The van der Waals surface area contributed by atoms with Crippen molar-refractivity contribution in [3.05, 3.63) is 84.6 Å². The number of pyridine rings is 2. The van der Waals surface area contributed by atoms with Crippen molar-refractivity contribution in [2.24, 2.45) is 0 Å². The van der Waals surface area contributed by atoms with Crippen molar-refractivity contribution in [1.29, 1.82) is 0 Å². The van der Waals surface area contributed by atoms with Gasteiger partial charge in [0.1, 0.15) is 0 Å². The van der Waals surface area contributed by atoms with E-state index in [9.17, 15) is 9.59 Å². The molecule has 0 radical (unpaired) electrons. The van der Waals surface area contributed by atoms with Crippen LogP contribution in [0.4, 0.5) is 0 Å². The molecule has 0 aliphatic carbocycles. The highest BCUT2D eigenvalue weighted by atomic mass is 79.9. The molecule has 162 valence electrons. The van der Waals surface area contributed by atoms with Crippen LogP contribution in [0.25, 0.3) is 38.1 Å². The minimum absolute atomic E-state index is 0.0394. The molecule has 0 saturated heterocycles. The number of fused-ring (bicyclic) bond motifs is 4. The van der Waals surface area contributed by atoms with Gasteiger partial charge in [0.25, 0.3) is 0 Å². The topological polar surface area (TPSA) is 38.5 Å². The van der Waals surface area contributed by atoms with Gasteiger partial charge in [0.05, 0.1) is 16.6 Å². The Labute approximate surface area is 195 Å². The monoisotopic (exact) mass is 487 g/mol. The Morgan fingerprint density at radius 1 is 0.625 bits per heavy atom. The first-order chi connectivity index (χ1) is 14.9. The largest absolute Gasteiger partial charge is 0.308 e. The van der Waals surface area contributed by atoms with Crippen molar-refractivity contribution in [3.63, 3.8) is 0 Å². The van der Waals surface area contributed by atoms with E-state index in [2.05, 4.69) is 74.0 Å². The fraction of sp³-hybridized carbons (Fsp3) is 0.286. The summed E-state index contributed by atoms with van der Waals surface area (Å²) >= 11 is 3.53. The number of nitrogens with zero attached hydrogens (tertiary/aromatic N) is 1. The van der Waals surface area contributed by atoms with E-state index in [4.69, 9.17) is 0 Å². The van der Waals surface area contributed by atoms with Crippen molar-refractivity contribution < 1.29 is 0 Å². The summed E-state index contributed by atoms with van der Waals surface area (Å²) in [5.41, 5.74) is 4.34. The molecule has 0 saturated carbocycles. The highest BCUT2D eigenvalue weighted by molar-refractivity contribution is 9.10. The molecule has 5 aromatic rings. The summed E-state index contributed by atoms with van der Waals surface area (Å²) in [6.45, 7) is 12.9. The minimum atomic E-state index is -0.0740. The second-order valence-electron chi connectivity index (χ2n) is 10.8. The lowest BCUT2D eigenvalue weighted by Crippen LogP contribution is -2.17. The molecule has 0 aliphatic heterocycles. The fourth-order valence-corrected chi connectivity index (χ4v) is 5.06. The lowest BCUT2D eigenvalue weighted by molar-refractivity contribution is 0.591. The summed E-state index contributed by atoms with van der Waals surface area (Å²) in [5, 5.41) is 2.47. The van der Waals surface area contributed by atoms with E-state index >= 15 is 0 Å². The smallest absolute Gasteiger partial charge is 0.197 e. The van der Waals surface area contributed by atoms with Gasteiger partial charge in [0, 0.05) is 26.0 Å². The van der Waals surface area contributed by atoms with Gasteiger partial charge in [-0.05, 0) is 58.4 Å². The average molecular weight is 488 g/mol. The highest BCUT2D eigenvalue weighted by Gasteiger charge is 2.22. The van der Waals surface area contributed by atoms with Crippen LogP contribution in [-0.4, -0.2) is 4.40 Å². The number of rotatable bonds is 0. The van der Waals surface area contributed by atoms with Crippen LogP contribution in [-0.2, 0) is 10.8 Å². The van der Waals surface area contributed by atoms with Gasteiger partial charge in [-0.25, -0.2) is 0 Å². The molecule has 3 nitrogen and oxygen atoms in total. The maximum Gasteiger partial charge on any atom is 0.197 e. The second-order valence-corrected chi connectivity index (χ2v) is 11.7. The maximum atomic E-state index is 13.6. The molecular formula is C28H26BrNO2. The SMILES string of the molecule is CC(C)(C)c1ccc2c(c1)c(=O)c1cc(Br)cc3c(=O)c4cc(C(C)(C)C)ccc4n2c13. The van der Waals surface area contributed by atoms with E-state index in [1.165, 1.54) is 0 Å². The van der Waals surface area contributed by atoms with Crippen LogP contribution in [0.3, 0.4) is 0 Å². The first-order valence-corrected chi connectivity index (χ1v) is 11.7. The van der Waals surface area contributed by atoms with E-state index in [0.717, 1.165) is 26.6 Å². The van der Waals surface area contributed by atoms with Crippen LogP contribution in [0.1, 0.15) is 52.7 Å². The second kappa shape index (κ2) is 6.64. The lowest BCUT2D eigenvalue weighted by atomic mass is 9.85. The summed E-state index contributed by atoms with van der Waals surface area (Å²) in [5.74, 6) is 0. The van der Waals surface area contributed by atoms with Crippen LogP contribution in [0, 0.1) is 0 Å². The van der Waals surface area contributed by atoms with E-state index in [1.807, 2.05) is 36.4 Å². The van der Waals surface area contributed by atoms with E-state index in [-0.39, 0.29) is 21.7 Å². The van der Waals surface area contributed by atoms with Gasteiger partial charge >= 0.3 is 0 Å². The van der Waals surface area contributed by atoms with Gasteiger partial charge in [0.15, 0.2) is 10.9 Å². The van der Waals surface area contributed by atoms with Crippen molar-refractivity contribution in [1.82, 2.24) is 4.40 Å². The van der Waals surface area contributed by atoms with Crippen molar-refractivity contribution in [3.8, 4) is 0 Å². The van der Waals surface area contributed by atoms with Gasteiger partial charge in [-0.3, -0.25) is 9.59 Å². The Morgan fingerprint density at radius 3 is 1.41 bits per heavy atom. The zero-order valence-corrected chi connectivity index (χ0v) is 20.8. The molecule has 5 rings (SSSR count). The molecule has 2 heterocycles. The van der Waals surface area contributed by atoms with Crippen LogP contribution in [0.15, 0.2) is 62.6 Å². The molecule has 0 atom stereocenters. The standard InChI is InChI=1S/C28H26BrNO2/c1-27(2,3)15-7-9-22-18(11-15)25(31)20-13-17(29)14-21-24(20)30(22)23-10-8-16(28(4,5)6)12-19(23)26(21)32/h7-14H,1-6H3. The minimum Gasteiger partial charge on any atom is -0.308 e. The number of benzene rings is 3. The molecule has 0 unspecified atom stereocenters. The molecule has 3 aromatic carbocycles. The molecule has 0 spiro atoms. The van der Waals surface area contributed by atoms with Crippen LogP contribution in [0.2, 0.25) is 0 Å². The third-order valence-electron chi connectivity index (χ3n) is 6.48. The molecule has 0 bridgehead atoms. The zero-order valence-electron chi connectivity index (χ0n) is 19.3. The number of hydrogen-bond donors (Lipinski definition) is 0. The first kappa shape index (κ1) is 21.1. The van der Waals surface area contributed by atoms with E-state index in [1.54, 1.807) is 0 Å². The predicted octanol–water partition coefficient (Wildman–Crippen LogP) is 6.91. The van der Waals surface area contributed by atoms with Crippen LogP contribution >= 0.6 is 15.9 Å². The molecule has 0 aliphatic rings. The van der Waals surface area contributed by atoms with Gasteiger partial charge in [-0.2, -0.15) is 0 Å². The molecule has 0 N–H and O–H groups in total. The number of halogens is 1. The lowest BCUT2D eigenvalue weighted by Gasteiger charge is -2.22. The Bertz CT molecular complexity index is 1560. The van der Waals surface area contributed by atoms with E-state index in [0.29, 0.717) is 27.1 Å². The number of aromatic nitrogens is 1. The normalized spacial score (nSPS) is 13.1. The van der Waals surface area contributed by atoms with Gasteiger partial charge < -0.3 is 4.40 Å². The molecular weight excluding hydrogens is 462 g/mol. The average Bonchev–Trinajstić information content (AvgIpc) is 2.71. The molecule has 4 heteroatoms. The maximum absolute atomic E-state index is 13.6. The Balaban J connectivity index is 2.11. The van der Waals surface area contributed by atoms with Gasteiger partial charge in [-0.15, -0.1) is 0 Å². The van der Waals surface area contributed by atoms with Crippen molar-refractivity contribution >= 4 is 54.0 Å². The molecule has 32 heavy (non-hydrogen) atoms. The third kappa shape index (κ3) is 3.00. The highest BCUT2D eigenvalue weighted by Crippen LogP contribution is 2.33. The van der Waals surface area contributed by atoms with Crippen molar-refractivity contribution in [2.75, 3.05) is 0 Å². The van der Waals surface area contributed by atoms with Crippen LogP contribution in [0.5, 0.6) is 0 Å².